The lowest BCUT2D eigenvalue weighted by Gasteiger charge is -2.30. The van der Waals surface area contributed by atoms with Crippen LogP contribution in [0.25, 0.3) is 0 Å². The number of carboxylic acids is 1. The van der Waals surface area contributed by atoms with Crippen LogP contribution in [0.1, 0.15) is 40.3 Å². The fraction of sp³-hybridized carbons (Fsp3) is 0.571. The first-order valence-electron chi connectivity index (χ1n) is 6.50. The summed E-state index contributed by atoms with van der Waals surface area (Å²) in [4.78, 5) is 25.2. The molecule has 1 N–H and O–H groups in total. The number of likely N-dealkylation sites (tertiary alicyclic amines) is 1. The summed E-state index contributed by atoms with van der Waals surface area (Å²) in [6, 6.07) is 0. The molecule has 2 rings (SSSR count). The van der Waals surface area contributed by atoms with Crippen molar-refractivity contribution in [3.8, 4) is 0 Å². The van der Waals surface area contributed by atoms with Gasteiger partial charge in [-0.05, 0) is 33.6 Å². The Kier molecular flexibility index (Phi) is 3.64. The number of furan rings is 1. The zero-order chi connectivity index (χ0) is 14.2. The van der Waals surface area contributed by atoms with E-state index in [1.807, 2.05) is 13.8 Å². The number of carboxylic acid groups (broad SMARTS) is 1. The molecule has 0 spiro atoms. The van der Waals surface area contributed by atoms with Gasteiger partial charge >= 0.3 is 5.97 Å². The van der Waals surface area contributed by atoms with Crippen LogP contribution in [-0.2, 0) is 4.79 Å². The maximum atomic E-state index is 12.5. The summed E-state index contributed by atoms with van der Waals surface area (Å²) in [5, 5.41) is 9.07. The summed E-state index contributed by atoms with van der Waals surface area (Å²) < 4.78 is 5.47. The highest BCUT2D eigenvalue weighted by Crippen LogP contribution is 2.25. The first kappa shape index (κ1) is 13.6. The Bertz CT molecular complexity index is 518. The first-order valence-corrected chi connectivity index (χ1v) is 6.50. The summed E-state index contributed by atoms with van der Waals surface area (Å²) in [5.41, 5.74) is 1.43. The summed E-state index contributed by atoms with van der Waals surface area (Å²) in [7, 11) is 0. The van der Waals surface area contributed by atoms with Crippen LogP contribution in [0.2, 0.25) is 0 Å². The van der Waals surface area contributed by atoms with E-state index in [1.165, 1.54) is 0 Å². The molecule has 1 aromatic heterocycles. The molecule has 1 atom stereocenters. The van der Waals surface area contributed by atoms with Gasteiger partial charge in [0.2, 0.25) is 0 Å². The van der Waals surface area contributed by atoms with Crippen molar-refractivity contribution in [3.63, 3.8) is 0 Å². The van der Waals surface area contributed by atoms with Crippen LogP contribution in [0.4, 0.5) is 0 Å². The highest BCUT2D eigenvalue weighted by Gasteiger charge is 2.31. The van der Waals surface area contributed by atoms with Crippen molar-refractivity contribution < 1.29 is 19.1 Å². The van der Waals surface area contributed by atoms with E-state index in [1.54, 1.807) is 11.8 Å². The molecule has 19 heavy (non-hydrogen) atoms. The third-order valence-electron chi connectivity index (χ3n) is 3.83. The third-order valence-corrected chi connectivity index (χ3v) is 3.83. The lowest BCUT2D eigenvalue weighted by molar-refractivity contribution is -0.143. The molecule has 1 aromatic rings. The molecule has 1 fully saturated rings. The zero-order valence-electron chi connectivity index (χ0n) is 11.5. The molecule has 5 heteroatoms. The highest BCUT2D eigenvalue weighted by atomic mass is 16.4. The molecule has 1 aliphatic rings. The van der Waals surface area contributed by atoms with E-state index in [2.05, 4.69) is 0 Å². The van der Waals surface area contributed by atoms with Gasteiger partial charge in [0, 0.05) is 18.7 Å². The largest absolute Gasteiger partial charge is 0.481 e. The number of hydrogen-bond donors (Lipinski definition) is 1. The van der Waals surface area contributed by atoms with Gasteiger partial charge in [-0.25, -0.2) is 0 Å². The standard InChI is InChI=1S/C14H19NO4/c1-8-9(2)19-10(3)12(8)13(16)15-6-4-5-11(7-15)14(17)18/h11H,4-7H2,1-3H3,(H,17,18)/t11-/m0/s1. The minimum Gasteiger partial charge on any atom is -0.481 e. The second-order valence-electron chi connectivity index (χ2n) is 5.14. The Balaban J connectivity index is 2.22. The van der Waals surface area contributed by atoms with Crippen molar-refractivity contribution in [3.05, 3.63) is 22.6 Å². The van der Waals surface area contributed by atoms with Gasteiger partial charge in [0.1, 0.15) is 11.5 Å². The molecular formula is C14H19NO4. The highest BCUT2D eigenvalue weighted by molar-refractivity contribution is 5.97. The van der Waals surface area contributed by atoms with Gasteiger partial charge in [0.15, 0.2) is 0 Å². The van der Waals surface area contributed by atoms with Crippen molar-refractivity contribution in [2.24, 2.45) is 5.92 Å². The van der Waals surface area contributed by atoms with E-state index in [0.717, 1.165) is 17.7 Å². The van der Waals surface area contributed by atoms with E-state index in [9.17, 15) is 9.59 Å². The van der Waals surface area contributed by atoms with Gasteiger partial charge in [-0.2, -0.15) is 0 Å². The van der Waals surface area contributed by atoms with Gasteiger partial charge in [0.05, 0.1) is 11.5 Å². The fourth-order valence-corrected chi connectivity index (χ4v) is 2.63. The molecular weight excluding hydrogens is 246 g/mol. The minimum absolute atomic E-state index is 0.113. The number of aryl methyl sites for hydroxylation is 2. The second kappa shape index (κ2) is 5.07. The molecule has 0 bridgehead atoms. The number of carbonyl (C=O) groups excluding carboxylic acids is 1. The molecule has 1 saturated heterocycles. The minimum atomic E-state index is -0.825. The fourth-order valence-electron chi connectivity index (χ4n) is 2.63. The predicted octanol–water partition coefficient (Wildman–Crippen LogP) is 2.14. The zero-order valence-corrected chi connectivity index (χ0v) is 11.5. The third kappa shape index (κ3) is 2.50. The Morgan fingerprint density at radius 1 is 1.26 bits per heavy atom. The average molecular weight is 265 g/mol. The number of piperidine rings is 1. The van der Waals surface area contributed by atoms with Gasteiger partial charge in [-0.15, -0.1) is 0 Å². The lowest BCUT2D eigenvalue weighted by atomic mass is 9.97. The smallest absolute Gasteiger partial charge is 0.308 e. The van der Waals surface area contributed by atoms with E-state index in [4.69, 9.17) is 9.52 Å². The summed E-state index contributed by atoms with van der Waals surface area (Å²) in [6.07, 6.45) is 1.37. The van der Waals surface area contributed by atoms with E-state index in [0.29, 0.717) is 24.3 Å². The molecule has 5 nitrogen and oxygen atoms in total. The Hall–Kier alpha value is -1.78. The number of nitrogens with zero attached hydrogens (tertiary/aromatic N) is 1. The molecule has 0 unspecified atom stereocenters. The average Bonchev–Trinajstić information content (AvgIpc) is 2.62. The van der Waals surface area contributed by atoms with Crippen LogP contribution in [0.3, 0.4) is 0 Å². The first-order chi connectivity index (χ1) is 8.91. The SMILES string of the molecule is Cc1oc(C)c(C(=O)N2CCC[C@H](C(=O)O)C2)c1C. The molecule has 0 aromatic carbocycles. The van der Waals surface area contributed by atoms with E-state index >= 15 is 0 Å². The van der Waals surface area contributed by atoms with Gasteiger partial charge in [-0.3, -0.25) is 9.59 Å². The Labute approximate surface area is 112 Å². The van der Waals surface area contributed by atoms with Crippen LogP contribution in [-0.4, -0.2) is 35.0 Å². The second-order valence-corrected chi connectivity index (χ2v) is 5.14. The predicted molar refractivity (Wildman–Crippen MR) is 69.2 cm³/mol. The number of aliphatic carboxylic acids is 1. The maximum Gasteiger partial charge on any atom is 0.308 e. The number of hydrogen-bond acceptors (Lipinski definition) is 3. The molecule has 0 radical (unpaired) electrons. The molecule has 2 heterocycles. The molecule has 0 saturated carbocycles. The number of rotatable bonds is 2. The molecule has 104 valence electrons. The molecule has 1 amide bonds. The number of amides is 1. The summed E-state index contributed by atoms with van der Waals surface area (Å²) in [6.45, 7) is 6.36. The summed E-state index contributed by atoms with van der Waals surface area (Å²) >= 11 is 0. The van der Waals surface area contributed by atoms with Crippen LogP contribution in [0, 0.1) is 26.7 Å². The van der Waals surface area contributed by atoms with Gasteiger partial charge in [-0.1, -0.05) is 0 Å². The number of carbonyl (C=O) groups is 2. The van der Waals surface area contributed by atoms with E-state index < -0.39 is 11.9 Å². The topological polar surface area (TPSA) is 70.8 Å². The van der Waals surface area contributed by atoms with Crippen molar-refractivity contribution in [1.82, 2.24) is 4.90 Å². The summed E-state index contributed by atoms with van der Waals surface area (Å²) in [5.74, 6) is -0.0384. The van der Waals surface area contributed by atoms with Crippen molar-refractivity contribution >= 4 is 11.9 Å². The quantitative estimate of drug-likeness (QED) is 0.889. The van der Waals surface area contributed by atoms with Gasteiger partial charge in [0.25, 0.3) is 5.91 Å². The van der Waals surface area contributed by atoms with Gasteiger partial charge < -0.3 is 14.4 Å². The van der Waals surface area contributed by atoms with Crippen molar-refractivity contribution in [1.29, 1.82) is 0 Å². The maximum absolute atomic E-state index is 12.5. The Morgan fingerprint density at radius 3 is 2.47 bits per heavy atom. The van der Waals surface area contributed by atoms with Crippen LogP contribution in [0.15, 0.2) is 4.42 Å². The van der Waals surface area contributed by atoms with Crippen molar-refractivity contribution in [2.75, 3.05) is 13.1 Å². The van der Waals surface area contributed by atoms with Crippen LogP contribution in [0.5, 0.6) is 0 Å². The monoisotopic (exact) mass is 265 g/mol. The molecule has 0 aliphatic carbocycles. The normalized spacial score (nSPS) is 19.5. The van der Waals surface area contributed by atoms with Crippen molar-refractivity contribution in [2.45, 2.75) is 33.6 Å². The lowest BCUT2D eigenvalue weighted by Crippen LogP contribution is -2.42. The Morgan fingerprint density at radius 2 is 1.95 bits per heavy atom. The van der Waals surface area contributed by atoms with E-state index in [-0.39, 0.29) is 12.5 Å². The van der Waals surface area contributed by atoms with Crippen LogP contribution >= 0.6 is 0 Å². The molecule has 1 aliphatic heterocycles. The van der Waals surface area contributed by atoms with Crippen LogP contribution < -0.4 is 0 Å².